The Hall–Kier alpha value is -2.41. The molecule has 2 unspecified atom stereocenters. The molecule has 130 valence electrons. The van der Waals surface area contributed by atoms with Crippen LogP contribution in [0.5, 0.6) is 0 Å². The lowest BCUT2D eigenvalue weighted by Gasteiger charge is -2.17. The third-order valence-electron chi connectivity index (χ3n) is 4.17. The normalized spacial score (nSPS) is 18.5. The summed E-state index contributed by atoms with van der Waals surface area (Å²) in [5.74, 6) is -2.08. The van der Waals surface area contributed by atoms with E-state index in [1.807, 2.05) is 24.3 Å². The summed E-state index contributed by atoms with van der Waals surface area (Å²) in [6, 6.07) is 7.68. The molecule has 2 rings (SSSR count). The third kappa shape index (κ3) is 4.11. The van der Waals surface area contributed by atoms with Crippen LogP contribution >= 0.6 is 0 Å². The lowest BCUT2D eigenvalue weighted by atomic mass is 10.1. The predicted molar refractivity (Wildman–Crippen MR) is 87.7 cm³/mol. The predicted octanol–water partition coefficient (Wildman–Crippen LogP) is 0.818. The van der Waals surface area contributed by atoms with Gasteiger partial charge < -0.3 is 20.1 Å². The average Bonchev–Trinajstić information content (AvgIpc) is 2.97. The van der Waals surface area contributed by atoms with Crippen LogP contribution in [0.15, 0.2) is 24.3 Å². The number of carbonyl (C=O) groups excluding carboxylic acids is 2. The van der Waals surface area contributed by atoms with E-state index in [0.717, 1.165) is 12.1 Å². The highest BCUT2D eigenvalue weighted by Gasteiger charge is 2.35. The van der Waals surface area contributed by atoms with Crippen LogP contribution in [0, 0.1) is 5.92 Å². The molecule has 1 heterocycles. The highest BCUT2D eigenvalue weighted by molar-refractivity contribution is 6.00. The fourth-order valence-corrected chi connectivity index (χ4v) is 2.65. The van der Waals surface area contributed by atoms with Crippen molar-refractivity contribution in [2.75, 3.05) is 25.1 Å². The van der Waals surface area contributed by atoms with E-state index in [0.29, 0.717) is 6.54 Å². The first kappa shape index (κ1) is 17.9. The fraction of sp³-hybridized carbons (Fsp3) is 0.471. The molecule has 1 aromatic carbocycles. The molecular weight excluding hydrogens is 312 g/mol. The minimum absolute atomic E-state index is 0.110. The Kier molecular flexibility index (Phi) is 5.92. The number of hydrogen-bond acceptors (Lipinski definition) is 4. The van der Waals surface area contributed by atoms with Gasteiger partial charge in [0, 0.05) is 25.8 Å². The topological polar surface area (TPSA) is 95.9 Å². The first-order valence-corrected chi connectivity index (χ1v) is 7.88. The fourth-order valence-electron chi connectivity index (χ4n) is 2.65. The molecule has 7 nitrogen and oxygen atoms in total. The zero-order chi connectivity index (χ0) is 17.7. The lowest BCUT2D eigenvalue weighted by molar-refractivity contribution is -0.148. The summed E-state index contributed by atoms with van der Waals surface area (Å²) in [5.41, 5.74) is 1.95. The Morgan fingerprint density at radius 3 is 2.58 bits per heavy atom. The van der Waals surface area contributed by atoms with Gasteiger partial charge in [-0.3, -0.25) is 9.59 Å². The molecule has 0 aliphatic carbocycles. The molecule has 2 atom stereocenters. The minimum Gasteiger partial charge on any atom is -0.479 e. The molecule has 0 aromatic heterocycles. The van der Waals surface area contributed by atoms with Crippen molar-refractivity contribution >= 4 is 23.5 Å². The quantitative estimate of drug-likeness (QED) is 0.769. The summed E-state index contributed by atoms with van der Waals surface area (Å²) in [5, 5.41) is 11.4. The van der Waals surface area contributed by atoms with Gasteiger partial charge in [-0.2, -0.15) is 0 Å². The van der Waals surface area contributed by atoms with Crippen molar-refractivity contribution in [3.63, 3.8) is 0 Å². The summed E-state index contributed by atoms with van der Waals surface area (Å²) in [7, 11) is 1.27. The Morgan fingerprint density at radius 2 is 2.04 bits per heavy atom. The summed E-state index contributed by atoms with van der Waals surface area (Å²) in [6.45, 7) is 2.22. The second kappa shape index (κ2) is 7.92. The van der Waals surface area contributed by atoms with Crippen LogP contribution in [0.4, 0.5) is 5.69 Å². The van der Waals surface area contributed by atoms with Gasteiger partial charge in [0.15, 0.2) is 6.10 Å². The number of nitrogens with zero attached hydrogens (tertiary/aromatic N) is 1. The second-order valence-corrected chi connectivity index (χ2v) is 5.73. The molecule has 2 amide bonds. The van der Waals surface area contributed by atoms with E-state index in [1.165, 1.54) is 12.7 Å². The Bertz CT molecular complexity index is 614. The summed E-state index contributed by atoms with van der Waals surface area (Å²) < 4.78 is 4.77. The molecule has 1 saturated heterocycles. The van der Waals surface area contributed by atoms with Gasteiger partial charge in [-0.1, -0.05) is 19.1 Å². The number of anilines is 1. The number of nitrogens with one attached hydrogen (secondary N) is 1. The van der Waals surface area contributed by atoms with Crippen molar-refractivity contribution in [2.45, 2.75) is 25.9 Å². The van der Waals surface area contributed by atoms with Crippen LogP contribution < -0.4 is 10.2 Å². The Morgan fingerprint density at radius 1 is 1.38 bits per heavy atom. The number of carboxylic acids is 1. The molecule has 7 heteroatoms. The smallest absolute Gasteiger partial charge is 0.334 e. The number of aryl methyl sites for hydroxylation is 1. The lowest BCUT2D eigenvalue weighted by Crippen LogP contribution is -2.41. The van der Waals surface area contributed by atoms with E-state index in [4.69, 9.17) is 9.84 Å². The largest absolute Gasteiger partial charge is 0.479 e. The molecule has 1 fully saturated rings. The van der Waals surface area contributed by atoms with E-state index < -0.39 is 18.0 Å². The van der Waals surface area contributed by atoms with Gasteiger partial charge >= 0.3 is 5.97 Å². The first-order chi connectivity index (χ1) is 11.5. The summed E-state index contributed by atoms with van der Waals surface area (Å²) >= 11 is 0. The van der Waals surface area contributed by atoms with E-state index in [2.05, 4.69) is 12.2 Å². The first-order valence-electron chi connectivity index (χ1n) is 7.88. The van der Waals surface area contributed by atoms with Crippen LogP contribution in [0.2, 0.25) is 0 Å². The maximum absolute atomic E-state index is 12.2. The number of rotatable bonds is 7. The van der Waals surface area contributed by atoms with Gasteiger partial charge in [0.2, 0.25) is 11.8 Å². The van der Waals surface area contributed by atoms with E-state index in [-0.39, 0.29) is 24.8 Å². The van der Waals surface area contributed by atoms with E-state index in [1.54, 1.807) is 4.90 Å². The van der Waals surface area contributed by atoms with Crippen LogP contribution in [0.1, 0.15) is 18.9 Å². The van der Waals surface area contributed by atoms with Crippen LogP contribution in [-0.2, 0) is 25.5 Å². The van der Waals surface area contributed by atoms with Gasteiger partial charge in [-0.05, 0) is 24.1 Å². The van der Waals surface area contributed by atoms with Gasteiger partial charge in [-0.15, -0.1) is 0 Å². The zero-order valence-corrected chi connectivity index (χ0v) is 13.8. The molecule has 0 saturated carbocycles. The number of methoxy groups -OCH3 is 1. The minimum atomic E-state index is -1.14. The Balaban J connectivity index is 1.95. The van der Waals surface area contributed by atoms with Gasteiger partial charge in [-0.25, -0.2) is 4.79 Å². The number of ether oxygens (including phenoxy) is 1. The van der Waals surface area contributed by atoms with Crippen molar-refractivity contribution < 1.29 is 24.2 Å². The van der Waals surface area contributed by atoms with Crippen molar-refractivity contribution in [2.24, 2.45) is 5.92 Å². The molecule has 2 N–H and O–H groups in total. The second-order valence-electron chi connectivity index (χ2n) is 5.73. The van der Waals surface area contributed by atoms with Crippen molar-refractivity contribution in [3.05, 3.63) is 29.8 Å². The number of aliphatic carboxylic acids is 1. The number of carbonyl (C=O) groups is 3. The SMILES string of the molecule is CCc1ccc(N2CC(C(=O)NCC(OC)C(=O)O)CC2=O)cc1. The molecule has 1 aromatic rings. The molecule has 1 aliphatic heterocycles. The maximum atomic E-state index is 12.2. The number of benzene rings is 1. The van der Waals surface area contributed by atoms with Gasteiger partial charge in [0.05, 0.1) is 12.5 Å². The molecule has 0 radical (unpaired) electrons. The van der Waals surface area contributed by atoms with Crippen LogP contribution in [-0.4, -0.2) is 49.2 Å². The van der Waals surface area contributed by atoms with E-state index >= 15 is 0 Å². The number of carboxylic acid groups (broad SMARTS) is 1. The van der Waals surface area contributed by atoms with E-state index in [9.17, 15) is 14.4 Å². The van der Waals surface area contributed by atoms with Crippen LogP contribution in [0.3, 0.4) is 0 Å². The molecule has 24 heavy (non-hydrogen) atoms. The molecule has 1 aliphatic rings. The number of hydrogen-bond donors (Lipinski definition) is 2. The molecular formula is C17H22N2O5. The van der Waals surface area contributed by atoms with Crippen molar-refractivity contribution in [1.29, 1.82) is 0 Å². The highest BCUT2D eigenvalue weighted by atomic mass is 16.5. The van der Waals surface area contributed by atoms with Gasteiger partial charge in [0.1, 0.15) is 0 Å². The maximum Gasteiger partial charge on any atom is 0.334 e. The standard InChI is InChI=1S/C17H22N2O5/c1-3-11-4-6-13(7-5-11)19-10-12(8-15(19)20)16(21)18-9-14(24-2)17(22)23/h4-7,12,14H,3,8-10H2,1-2H3,(H,18,21)(H,22,23). The summed E-state index contributed by atoms with van der Waals surface area (Å²) in [4.78, 5) is 36.8. The Labute approximate surface area is 140 Å². The average molecular weight is 334 g/mol. The van der Waals surface area contributed by atoms with Gasteiger partial charge in [0.25, 0.3) is 0 Å². The molecule has 0 bridgehead atoms. The highest BCUT2D eigenvalue weighted by Crippen LogP contribution is 2.25. The van der Waals surface area contributed by atoms with Crippen molar-refractivity contribution in [3.8, 4) is 0 Å². The third-order valence-corrected chi connectivity index (χ3v) is 4.17. The van der Waals surface area contributed by atoms with Crippen molar-refractivity contribution in [1.82, 2.24) is 5.32 Å². The zero-order valence-electron chi connectivity index (χ0n) is 13.8. The molecule has 0 spiro atoms. The monoisotopic (exact) mass is 334 g/mol. The number of amides is 2. The summed E-state index contributed by atoms with van der Waals surface area (Å²) in [6.07, 6.45) is -0.0565. The van der Waals surface area contributed by atoms with Crippen LogP contribution in [0.25, 0.3) is 0 Å².